The molecule has 0 unspecified atom stereocenters. The van der Waals surface area contributed by atoms with Crippen LogP contribution < -0.4 is 5.32 Å². The molecule has 13 heavy (non-hydrogen) atoms. The summed E-state index contributed by atoms with van der Waals surface area (Å²) < 4.78 is 1.23. The van der Waals surface area contributed by atoms with E-state index in [9.17, 15) is 0 Å². The van der Waals surface area contributed by atoms with Crippen molar-refractivity contribution in [3.05, 3.63) is 33.8 Å². The summed E-state index contributed by atoms with van der Waals surface area (Å²) in [5, 5.41) is 3.44. The van der Waals surface area contributed by atoms with Gasteiger partial charge in [-0.25, -0.2) is 0 Å². The number of rotatable bonds is 0. The third kappa shape index (κ3) is 1.53. The molecule has 1 aromatic rings. The molecule has 0 atom stereocenters. The molecule has 2 heteroatoms. The summed E-state index contributed by atoms with van der Waals surface area (Å²) in [6.07, 6.45) is 0. The molecule has 1 aromatic carbocycles. The first-order chi connectivity index (χ1) is 6.11. The molecule has 0 radical (unpaired) electrons. The van der Waals surface area contributed by atoms with Crippen molar-refractivity contribution in [2.24, 2.45) is 0 Å². The van der Waals surface area contributed by atoms with Gasteiger partial charge in [0.15, 0.2) is 0 Å². The maximum absolute atomic E-state index is 3.59. The summed E-state index contributed by atoms with van der Waals surface area (Å²) >= 11 is 3.59. The van der Waals surface area contributed by atoms with Gasteiger partial charge in [-0.05, 0) is 17.2 Å². The minimum Gasteiger partial charge on any atom is -0.312 e. The van der Waals surface area contributed by atoms with Crippen LogP contribution in [-0.2, 0) is 12.0 Å². The largest absolute Gasteiger partial charge is 0.312 e. The summed E-state index contributed by atoms with van der Waals surface area (Å²) in [6.45, 7) is 6.62. The predicted molar refractivity (Wildman–Crippen MR) is 58.9 cm³/mol. The number of fused-ring (bicyclic) bond motifs is 1. The Bertz CT molecular complexity index is 331. The van der Waals surface area contributed by atoms with Crippen LogP contribution in [0.4, 0.5) is 0 Å². The van der Waals surface area contributed by atoms with E-state index in [0.717, 1.165) is 13.1 Å². The average molecular weight is 240 g/mol. The van der Waals surface area contributed by atoms with Crippen LogP contribution >= 0.6 is 15.9 Å². The first-order valence-electron chi connectivity index (χ1n) is 4.60. The van der Waals surface area contributed by atoms with Gasteiger partial charge in [0.05, 0.1) is 0 Å². The van der Waals surface area contributed by atoms with Crippen LogP contribution in [0.5, 0.6) is 0 Å². The van der Waals surface area contributed by atoms with Crippen molar-refractivity contribution >= 4 is 15.9 Å². The molecule has 1 aliphatic rings. The van der Waals surface area contributed by atoms with Gasteiger partial charge < -0.3 is 5.32 Å². The molecule has 1 aliphatic heterocycles. The van der Waals surface area contributed by atoms with Gasteiger partial charge in [0, 0.05) is 23.0 Å². The number of nitrogens with one attached hydrogen (secondary N) is 1. The molecule has 0 spiro atoms. The molecule has 1 N–H and O–H groups in total. The smallest absolute Gasteiger partial charge is 0.0223 e. The molecule has 0 bridgehead atoms. The Hall–Kier alpha value is -0.340. The second-order valence-electron chi connectivity index (χ2n) is 4.25. The molecule has 1 heterocycles. The van der Waals surface area contributed by atoms with E-state index < -0.39 is 0 Å². The highest BCUT2D eigenvalue weighted by Gasteiger charge is 2.27. The molecule has 0 aromatic heterocycles. The number of hydrogen-bond donors (Lipinski definition) is 1. The van der Waals surface area contributed by atoms with Crippen LogP contribution in [0, 0.1) is 0 Å². The standard InChI is InChI=1S/C11H14BrN/c1-11(2)7-13-6-8-9(11)4-3-5-10(8)12/h3-5,13H,6-7H2,1-2H3. The van der Waals surface area contributed by atoms with Gasteiger partial charge in [-0.1, -0.05) is 41.9 Å². The molecule has 1 nitrogen and oxygen atoms in total. The first-order valence-corrected chi connectivity index (χ1v) is 5.39. The van der Waals surface area contributed by atoms with Crippen LogP contribution in [0.15, 0.2) is 22.7 Å². The third-order valence-electron chi connectivity index (χ3n) is 2.72. The normalized spacial score (nSPS) is 19.6. The van der Waals surface area contributed by atoms with Gasteiger partial charge in [-0.15, -0.1) is 0 Å². The first kappa shape index (κ1) is 9.22. The lowest BCUT2D eigenvalue weighted by Gasteiger charge is -2.33. The molecular formula is C11H14BrN. The fourth-order valence-electron chi connectivity index (χ4n) is 1.97. The summed E-state index contributed by atoms with van der Waals surface area (Å²) in [5.74, 6) is 0. The Balaban J connectivity index is 2.58. The van der Waals surface area contributed by atoms with Crippen molar-refractivity contribution in [3.8, 4) is 0 Å². The number of hydrogen-bond acceptors (Lipinski definition) is 1. The minimum absolute atomic E-state index is 0.261. The van der Waals surface area contributed by atoms with E-state index in [1.165, 1.54) is 15.6 Å². The topological polar surface area (TPSA) is 12.0 Å². The number of benzene rings is 1. The second-order valence-corrected chi connectivity index (χ2v) is 5.11. The van der Waals surface area contributed by atoms with Crippen LogP contribution in [0.1, 0.15) is 25.0 Å². The minimum atomic E-state index is 0.261. The van der Waals surface area contributed by atoms with Gasteiger partial charge in [0.1, 0.15) is 0 Å². The summed E-state index contributed by atoms with van der Waals surface area (Å²) in [6, 6.07) is 6.47. The van der Waals surface area contributed by atoms with E-state index in [-0.39, 0.29) is 5.41 Å². The SMILES string of the molecule is CC1(C)CNCc2c(Br)cccc21. The zero-order chi connectivity index (χ0) is 9.47. The van der Waals surface area contributed by atoms with Gasteiger partial charge >= 0.3 is 0 Å². The fraction of sp³-hybridized carbons (Fsp3) is 0.455. The van der Waals surface area contributed by atoms with Crippen molar-refractivity contribution in [2.75, 3.05) is 6.54 Å². The van der Waals surface area contributed by atoms with Gasteiger partial charge in [0.2, 0.25) is 0 Å². The lowest BCUT2D eigenvalue weighted by atomic mass is 9.79. The van der Waals surface area contributed by atoms with E-state index in [2.05, 4.69) is 53.3 Å². The number of halogens is 1. The summed E-state index contributed by atoms with van der Waals surface area (Å²) in [7, 11) is 0. The average Bonchev–Trinajstić information content (AvgIpc) is 2.06. The van der Waals surface area contributed by atoms with Crippen LogP contribution in [0.25, 0.3) is 0 Å². The third-order valence-corrected chi connectivity index (χ3v) is 3.46. The van der Waals surface area contributed by atoms with E-state index >= 15 is 0 Å². The van der Waals surface area contributed by atoms with Crippen molar-refractivity contribution in [2.45, 2.75) is 25.8 Å². The highest BCUT2D eigenvalue weighted by molar-refractivity contribution is 9.10. The van der Waals surface area contributed by atoms with E-state index in [4.69, 9.17) is 0 Å². The van der Waals surface area contributed by atoms with Crippen molar-refractivity contribution in [1.82, 2.24) is 5.32 Å². The quantitative estimate of drug-likeness (QED) is 0.735. The van der Waals surface area contributed by atoms with Gasteiger partial charge in [0.25, 0.3) is 0 Å². The Morgan fingerprint density at radius 1 is 1.38 bits per heavy atom. The van der Waals surface area contributed by atoms with Gasteiger partial charge in [-0.2, -0.15) is 0 Å². The Morgan fingerprint density at radius 2 is 2.15 bits per heavy atom. The fourth-order valence-corrected chi connectivity index (χ4v) is 2.47. The molecule has 2 rings (SSSR count). The highest BCUT2D eigenvalue weighted by atomic mass is 79.9. The summed E-state index contributed by atoms with van der Waals surface area (Å²) in [4.78, 5) is 0. The molecular weight excluding hydrogens is 226 g/mol. The van der Waals surface area contributed by atoms with Crippen LogP contribution in [0.3, 0.4) is 0 Å². The lowest BCUT2D eigenvalue weighted by Crippen LogP contribution is -2.38. The Labute approximate surface area is 87.7 Å². The van der Waals surface area contributed by atoms with Gasteiger partial charge in [-0.3, -0.25) is 0 Å². The monoisotopic (exact) mass is 239 g/mol. The van der Waals surface area contributed by atoms with Crippen molar-refractivity contribution in [1.29, 1.82) is 0 Å². The molecule has 70 valence electrons. The second kappa shape index (κ2) is 3.10. The molecule has 0 fully saturated rings. The Kier molecular flexibility index (Phi) is 2.20. The van der Waals surface area contributed by atoms with Crippen molar-refractivity contribution in [3.63, 3.8) is 0 Å². The zero-order valence-corrected chi connectivity index (χ0v) is 9.61. The van der Waals surface area contributed by atoms with E-state index in [1.54, 1.807) is 0 Å². The molecule has 0 aliphatic carbocycles. The van der Waals surface area contributed by atoms with E-state index in [0.29, 0.717) is 0 Å². The maximum atomic E-state index is 3.59. The zero-order valence-electron chi connectivity index (χ0n) is 8.02. The predicted octanol–water partition coefficient (Wildman–Crippen LogP) is 2.83. The highest BCUT2D eigenvalue weighted by Crippen LogP contribution is 2.33. The molecule has 0 saturated carbocycles. The lowest BCUT2D eigenvalue weighted by molar-refractivity contribution is 0.434. The maximum Gasteiger partial charge on any atom is 0.0223 e. The Morgan fingerprint density at radius 3 is 2.85 bits per heavy atom. The van der Waals surface area contributed by atoms with Crippen molar-refractivity contribution < 1.29 is 0 Å². The van der Waals surface area contributed by atoms with E-state index in [1.807, 2.05) is 0 Å². The van der Waals surface area contributed by atoms with Crippen LogP contribution in [-0.4, -0.2) is 6.54 Å². The molecule has 0 saturated heterocycles. The molecule has 0 amide bonds. The summed E-state index contributed by atoms with van der Waals surface area (Å²) in [5.41, 5.74) is 3.15. The van der Waals surface area contributed by atoms with Crippen LogP contribution in [0.2, 0.25) is 0 Å².